The molecule has 6 N–H and O–H groups in total. The van der Waals surface area contributed by atoms with Crippen molar-refractivity contribution < 1.29 is 33.8 Å². The zero-order valence-electron chi connectivity index (χ0n) is 30.3. The Hall–Kier alpha value is -4.14. The molecule has 3 rings (SSSR count). The van der Waals surface area contributed by atoms with Gasteiger partial charge in [-0.1, -0.05) is 81.4 Å². The van der Waals surface area contributed by atoms with Gasteiger partial charge >= 0.3 is 6.09 Å². The number of thioether (sulfide) groups is 1. The van der Waals surface area contributed by atoms with Crippen LogP contribution in [0.5, 0.6) is 0 Å². The molecule has 274 valence electrons. The van der Waals surface area contributed by atoms with Crippen LogP contribution < -0.4 is 26.8 Å². The molecule has 5 amide bonds. The van der Waals surface area contributed by atoms with E-state index in [-0.39, 0.29) is 12.3 Å². The van der Waals surface area contributed by atoms with E-state index in [1.165, 1.54) is 23.8 Å². The molecule has 0 aliphatic carbocycles. The van der Waals surface area contributed by atoms with E-state index < -0.39 is 75.7 Å². The van der Waals surface area contributed by atoms with E-state index in [0.29, 0.717) is 5.56 Å². The summed E-state index contributed by atoms with van der Waals surface area (Å²) in [5.41, 5.74) is 5.59. The van der Waals surface area contributed by atoms with Crippen molar-refractivity contribution in [3.8, 4) is 0 Å². The van der Waals surface area contributed by atoms with Crippen LogP contribution in [0.15, 0.2) is 60.7 Å². The Balaban J connectivity index is 1.92. The van der Waals surface area contributed by atoms with Gasteiger partial charge in [-0.05, 0) is 57.6 Å². The van der Waals surface area contributed by atoms with Crippen LogP contribution in [0.1, 0.15) is 72.6 Å². The summed E-state index contributed by atoms with van der Waals surface area (Å²) >= 11 is 1.41. The molecule has 0 spiro atoms. The maximum atomic E-state index is 14.1. The first-order chi connectivity index (χ1) is 23.2. The van der Waals surface area contributed by atoms with Gasteiger partial charge < -0.3 is 30.7 Å². The minimum Gasteiger partial charge on any atom is -0.453 e. The Morgan fingerprint density at radius 3 is 2.02 bits per heavy atom. The normalized spacial score (nSPS) is 18.2. The predicted molar refractivity (Wildman–Crippen MR) is 192 cm³/mol. The lowest BCUT2D eigenvalue weighted by molar-refractivity contribution is -0.148. The van der Waals surface area contributed by atoms with Gasteiger partial charge in [0.2, 0.25) is 11.8 Å². The van der Waals surface area contributed by atoms with Crippen LogP contribution in [0.2, 0.25) is 0 Å². The summed E-state index contributed by atoms with van der Waals surface area (Å²) in [7, 11) is 1.18. The van der Waals surface area contributed by atoms with Gasteiger partial charge in [0, 0.05) is 10.3 Å². The maximum absolute atomic E-state index is 14.1. The minimum absolute atomic E-state index is 0.0770. The van der Waals surface area contributed by atoms with E-state index in [1.54, 1.807) is 63.2 Å². The molecule has 0 unspecified atom stereocenters. The summed E-state index contributed by atoms with van der Waals surface area (Å²) in [6.07, 6.45) is -2.50. The zero-order valence-corrected chi connectivity index (χ0v) is 31.1. The number of ether oxygens (including phenoxy) is 1. The summed E-state index contributed by atoms with van der Waals surface area (Å²) in [6, 6.07) is 13.2. The van der Waals surface area contributed by atoms with Crippen molar-refractivity contribution in [1.82, 2.24) is 31.7 Å². The molecule has 0 saturated carbocycles. The van der Waals surface area contributed by atoms with Crippen molar-refractivity contribution >= 4 is 41.5 Å². The molecule has 5 atom stereocenters. The van der Waals surface area contributed by atoms with Crippen LogP contribution in [0, 0.1) is 5.41 Å². The first kappa shape index (κ1) is 40.3. The number of methoxy groups -OCH3 is 1. The summed E-state index contributed by atoms with van der Waals surface area (Å²) in [5, 5.41) is 19.8. The number of hydrogen-bond acceptors (Lipinski definition) is 9. The number of carbonyl (C=O) groups excluding carboxylic acids is 5. The Morgan fingerprint density at radius 2 is 1.48 bits per heavy atom. The van der Waals surface area contributed by atoms with Crippen molar-refractivity contribution in [2.75, 3.05) is 13.0 Å². The fourth-order valence-corrected chi connectivity index (χ4v) is 6.61. The number of nitrogens with zero attached hydrogens (tertiary/aromatic N) is 1. The van der Waals surface area contributed by atoms with Crippen LogP contribution in [0.3, 0.4) is 0 Å². The summed E-state index contributed by atoms with van der Waals surface area (Å²) in [4.78, 5) is 68.8. The van der Waals surface area contributed by atoms with Gasteiger partial charge in [0.25, 0.3) is 11.8 Å². The molecule has 13 nitrogen and oxygen atoms in total. The molecular weight excluding hydrogens is 660 g/mol. The molecule has 2 aromatic carbocycles. The third-order valence-corrected chi connectivity index (χ3v) is 9.53. The third-order valence-electron chi connectivity index (χ3n) is 8.16. The molecular formula is C36H52N6O7S. The number of aliphatic hydroxyl groups excluding tert-OH is 1. The van der Waals surface area contributed by atoms with E-state index in [2.05, 4.69) is 26.8 Å². The number of nitrogens with one attached hydrogen (secondary N) is 5. The van der Waals surface area contributed by atoms with E-state index >= 15 is 0 Å². The van der Waals surface area contributed by atoms with Crippen molar-refractivity contribution in [2.24, 2.45) is 5.41 Å². The second-order valence-electron chi connectivity index (χ2n) is 15.0. The minimum atomic E-state index is -1.74. The monoisotopic (exact) mass is 712 g/mol. The quantitative estimate of drug-likeness (QED) is 0.181. The molecule has 1 aliphatic heterocycles. The standard InChI is InChI=1S/C36H52N6O7S/c1-34(2,3)27(39-29(44)25(38-33(48)49-9)23-18-14-11-15-19-23)30(45)37-24(20-22-16-12-10-13-17-22)26(43)32(47)42-21-50-36(7,8)28(42)31(46)40-41-35(4,5)6/h10-19,24-28,41,43H,20-21H2,1-9H3,(H,37,45)(H,38,48)(H,39,44)(H,40,46)/t24-,25-,26-,27+,28-/m0/s1. The molecule has 1 aliphatic rings. The van der Waals surface area contributed by atoms with Gasteiger partial charge in [-0.25, -0.2) is 10.2 Å². The van der Waals surface area contributed by atoms with Crippen molar-refractivity contribution in [3.63, 3.8) is 0 Å². The molecule has 2 aromatic rings. The van der Waals surface area contributed by atoms with Gasteiger partial charge in [0.05, 0.1) is 19.0 Å². The molecule has 1 fully saturated rings. The van der Waals surface area contributed by atoms with Gasteiger partial charge in [0.15, 0.2) is 6.10 Å². The van der Waals surface area contributed by atoms with E-state index in [1.807, 2.05) is 52.8 Å². The van der Waals surface area contributed by atoms with Gasteiger partial charge in [-0.3, -0.25) is 24.6 Å². The maximum Gasteiger partial charge on any atom is 0.407 e. The number of aliphatic hydroxyl groups is 1. The Morgan fingerprint density at radius 1 is 0.900 bits per heavy atom. The van der Waals surface area contributed by atoms with Gasteiger partial charge in [0.1, 0.15) is 18.1 Å². The lowest BCUT2D eigenvalue weighted by atomic mass is 9.85. The highest BCUT2D eigenvalue weighted by Crippen LogP contribution is 2.40. The Bertz CT molecular complexity index is 1490. The fraction of sp³-hybridized carbons (Fsp3) is 0.528. The first-order valence-electron chi connectivity index (χ1n) is 16.5. The lowest BCUT2D eigenvalue weighted by Gasteiger charge is -2.36. The van der Waals surface area contributed by atoms with Gasteiger partial charge in [-0.15, -0.1) is 11.8 Å². The average Bonchev–Trinajstić information content (AvgIpc) is 3.38. The van der Waals surface area contributed by atoms with Crippen molar-refractivity contribution in [3.05, 3.63) is 71.8 Å². The van der Waals surface area contributed by atoms with Crippen molar-refractivity contribution in [1.29, 1.82) is 0 Å². The Labute approximate surface area is 299 Å². The molecule has 0 bridgehead atoms. The average molecular weight is 713 g/mol. The zero-order chi connectivity index (χ0) is 37.4. The predicted octanol–water partition coefficient (Wildman–Crippen LogP) is 2.80. The molecule has 0 aromatic heterocycles. The second kappa shape index (κ2) is 16.7. The number of benzene rings is 2. The number of carbonyl (C=O) groups is 5. The highest BCUT2D eigenvalue weighted by atomic mass is 32.2. The largest absolute Gasteiger partial charge is 0.453 e. The van der Waals surface area contributed by atoms with Gasteiger partial charge in [-0.2, -0.15) is 0 Å². The smallest absolute Gasteiger partial charge is 0.407 e. The van der Waals surface area contributed by atoms with E-state index in [9.17, 15) is 29.1 Å². The summed E-state index contributed by atoms with van der Waals surface area (Å²) in [5.74, 6) is -2.31. The summed E-state index contributed by atoms with van der Waals surface area (Å²) in [6.45, 7) is 14.6. The number of alkyl carbamates (subject to hydrolysis) is 1. The fourth-order valence-electron chi connectivity index (χ4n) is 5.47. The number of hydrazine groups is 1. The molecule has 1 saturated heterocycles. The van der Waals surface area contributed by atoms with Crippen LogP contribution in [0.4, 0.5) is 4.79 Å². The van der Waals surface area contributed by atoms with Crippen LogP contribution in [-0.2, 0) is 30.3 Å². The van der Waals surface area contributed by atoms with Crippen LogP contribution >= 0.6 is 11.8 Å². The SMILES string of the molecule is COC(=O)N[C@H](C(=O)N[C@H](C(=O)N[C@@H](Cc1ccccc1)[C@H](O)C(=O)N1CSC(C)(C)[C@@H]1C(=O)NNC(C)(C)C)C(C)(C)C)c1ccccc1. The lowest BCUT2D eigenvalue weighted by Crippen LogP contribution is -2.63. The third kappa shape index (κ3) is 10.9. The number of rotatable bonds is 12. The highest BCUT2D eigenvalue weighted by Gasteiger charge is 2.50. The summed E-state index contributed by atoms with van der Waals surface area (Å²) < 4.78 is 4.06. The van der Waals surface area contributed by atoms with E-state index in [0.717, 1.165) is 5.56 Å². The van der Waals surface area contributed by atoms with Crippen LogP contribution in [0.25, 0.3) is 0 Å². The van der Waals surface area contributed by atoms with Crippen LogP contribution in [-0.4, -0.2) is 87.2 Å². The molecule has 0 radical (unpaired) electrons. The molecule has 50 heavy (non-hydrogen) atoms. The molecule has 14 heteroatoms. The molecule has 1 heterocycles. The second-order valence-corrected chi connectivity index (χ2v) is 16.6. The number of amides is 5. The van der Waals surface area contributed by atoms with E-state index in [4.69, 9.17) is 4.74 Å². The number of hydrogen-bond donors (Lipinski definition) is 6. The topological polar surface area (TPSA) is 178 Å². The van der Waals surface area contributed by atoms with Crippen molar-refractivity contribution in [2.45, 2.75) is 102 Å². The first-order valence-corrected chi connectivity index (χ1v) is 17.5. The Kier molecular flexibility index (Phi) is 13.5. The highest BCUT2D eigenvalue weighted by molar-refractivity contribution is 8.00.